The Morgan fingerprint density at radius 2 is 2.00 bits per heavy atom. The summed E-state index contributed by atoms with van der Waals surface area (Å²) in [5.74, 6) is 0. The highest BCUT2D eigenvalue weighted by Gasteiger charge is 2.10. The molecule has 0 aliphatic heterocycles. The molecule has 0 aliphatic rings. The minimum atomic E-state index is -0.359. The molecule has 0 heterocycles. The molecule has 0 fully saturated rings. The van der Waals surface area contributed by atoms with Gasteiger partial charge < -0.3 is 10.2 Å². The van der Waals surface area contributed by atoms with Gasteiger partial charge in [0.25, 0.3) is 5.69 Å². The Bertz CT molecular complexity index is 367. The van der Waals surface area contributed by atoms with E-state index in [0.717, 1.165) is 25.9 Å². The zero-order valence-electron chi connectivity index (χ0n) is 10.3. The number of hydrogen-bond acceptors (Lipinski definition) is 4. The smallest absolute Gasteiger partial charge is 0.292 e. The van der Waals surface area contributed by atoms with Crippen LogP contribution in [0.15, 0.2) is 24.3 Å². The normalized spacial score (nSPS) is 10.5. The number of nitrogens with zero attached hydrogens (tertiary/aromatic N) is 2. The van der Waals surface area contributed by atoms with Crippen LogP contribution in [0.25, 0.3) is 0 Å². The summed E-state index contributed by atoms with van der Waals surface area (Å²) in [7, 11) is 4.07. The molecule has 0 unspecified atom stereocenters. The maximum absolute atomic E-state index is 10.8. The Morgan fingerprint density at radius 1 is 1.29 bits per heavy atom. The Morgan fingerprint density at radius 3 is 2.65 bits per heavy atom. The number of unbranched alkanes of at least 4 members (excludes halogenated alkanes) is 1. The molecule has 5 heteroatoms. The second-order valence-electron chi connectivity index (χ2n) is 4.21. The number of nitro benzene ring substituents is 1. The first-order valence-corrected chi connectivity index (χ1v) is 5.73. The minimum absolute atomic E-state index is 0.139. The zero-order chi connectivity index (χ0) is 12.7. The molecule has 0 radical (unpaired) electrons. The topological polar surface area (TPSA) is 58.4 Å². The van der Waals surface area contributed by atoms with Crippen molar-refractivity contribution in [1.29, 1.82) is 0 Å². The average Bonchev–Trinajstić information content (AvgIpc) is 2.28. The third-order valence-electron chi connectivity index (χ3n) is 2.45. The summed E-state index contributed by atoms with van der Waals surface area (Å²) in [6.45, 7) is 1.80. The van der Waals surface area contributed by atoms with E-state index < -0.39 is 0 Å². The zero-order valence-corrected chi connectivity index (χ0v) is 10.3. The molecule has 0 saturated heterocycles. The van der Waals surface area contributed by atoms with Crippen molar-refractivity contribution in [2.45, 2.75) is 12.8 Å². The summed E-state index contributed by atoms with van der Waals surface area (Å²) in [6.07, 6.45) is 2.09. The van der Waals surface area contributed by atoms with Gasteiger partial charge in [-0.15, -0.1) is 0 Å². The van der Waals surface area contributed by atoms with Crippen LogP contribution in [-0.2, 0) is 0 Å². The maximum Gasteiger partial charge on any atom is 0.292 e. The van der Waals surface area contributed by atoms with Crippen molar-refractivity contribution >= 4 is 11.4 Å². The van der Waals surface area contributed by atoms with Gasteiger partial charge in [-0.1, -0.05) is 12.1 Å². The van der Waals surface area contributed by atoms with Gasteiger partial charge in [0.15, 0.2) is 0 Å². The van der Waals surface area contributed by atoms with E-state index in [4.69, 9.17) is 0 Å². The number of hydrogen-bond donors (Lipinski definition) is 1. The predicted molar refractivity (Wildman–Crippen MR) is 69.4 cm³/mol. The van der Waals surface area contributed by atoms with Gasteiger partial charge in [0, 0.05) is 12.6 Å². The summed E-state index contributed by atoms with van der Waals surface area (Å²) in [5.41, 5.74) is 0.738. The number of benzene rings is 1. The Balaban J connectivity index is 2.39. The molecule has 0 bridgehead atoms. The fraction of sp³-hybridized carbons (Fsp3) is 0.500. The molecule has 0 spiro atoms. The lowest BCUT2D eigenvalue weighted by Crippen LogP contribution is -2.14. The van der Waals surface area contributed by atoms with Crippen LogP contribution < -0.4 is 5.32 Å². The first-order chi connectivity index (χ1) is 8.11. The molecule has 1 aromatic rings. The number of anilines is 1. The van der Waals surface area contributed by atoms with Gasteiger partial charge in [-0.05, 0) is 39.5 Å². The van der Waals surface area contributed by atoms with Gasteiger partial charge >= 0.3 is 0 Å². The van der Waals surface area contributed by atoms with Crippen molar-refractivity contribution in [3.63, 3.8) is 0 Å². The summed E-state index contributed by atoms with van der Waals surface area (Å²) in [5, 5.41) is 13.9. The van der Waals surface area contributed by atoms with Crippen molar-refractivity contribution in [2.24, 2.45) is 0 Å². The molecule has 0 amide bonds. The molecule has 1 aromatic carbocycles. The molecule has 5 nitrogen and oxygen atoms in total. The first-order valence-electron chi connectivity index (χ1n) is 5.73. The van der Waals surface area contributed by atoms with Crippen molar-refractivity contribution < 1.29 is 4.92 Å². The van der Waals surface area contributed by atoms with E-state index in [0.29, 0.717) is 5.69 Å². The lowest BCUT2D eigenvalue weighted by Gasteiger charge is -2.10. The second kappa shape index (κ2) is 6.85. The molecule has 1 N–H and O–H groups in total. The Hall–Kier alpha value is -1.62. The van der Waals surface area contributed by atoms with Crippen LogP contribution in [0.2, 0.25) is 0 Å². The fourth-order valence-corrected chi connectivity index (χ4v) is 1.56. The van der Waals surface area contributed by atoms with Crippen LogP contribution in [-0.4, -0.2) is 37.0 Å². The summed E-state index contributed by atoms with van der Waals surface area (Å²) in [6, 6.07) is 6.73. The molecule has 0 aliphatic carbocycles. The van der Waals surface area contributed by atoms with E-state index in [1.807, 2.05) is 14.1 Å². The summed E-state index contributed by atoms with van der Waals surface area (Å²) < 4.78 is 0. The van der Waals surface area contributed by atoms with Gasteiger partial charge in [-0.25, -0.2) is 0 Å². The van der Waals surface area contributed by atoms with E-state index in [1.54, 1.807) is 18.2 Å². The third-order valence-corrected chi connectivity index (χ3v) is 2.45. The van der Waals surface area contributed by atoms with E-state index >= 15 is 0 Å². The number of nitro groups is 1. The molecule has 0 saturated carbocycles. The number of nitrogens with one attached hydrogen (secondary N) is 1. The molecule has 17 heavy (non-hydrogen) atoms. The number of para-hydroxylation sites is 2. The van der Waals surface area contributed by atoms with E-state index in [2.05, 4.69) is 10.2 Å². The minimum Gasteiger partial charge on any atom is -0.379 e. The highest BCUT2D eigenvalue weighted by Crippen LogP contribution is 2.22. The van der Waals surface area contributed by atoms with Crippen LogP contribution >= 0.6 is 0 Å². The van der Waals surface area contributed by atoms with Crippen LogP contribution in [0.1, 0.15) is 12.8 Å². The predicted octanol–water partition coefficient (Wildman–Crippen LogP) is 2.35. The standard InChI is InChI=1S/C12H19N3O2/c1-14(2)10-6-5-9-13-11-7-3-4-8-12(11)15(16)17/h3-4,7-8,13H,5-6,9-10H2,1-2H3. The van der Waals surface area contributed by atoms with E-state index in [9.17, 15) is 10.1 Å². The molecule has 94 valence electrons. The Kier molecular flexibility index (Phi) is 5.42. The van der Waals surface area contributed by atoms with Gasteiger partial charge in [-0.3, -0.25) is 10.1 Å². The van der Waals surface area contributed by atoms with Gasteiger partial charge in [0.05, 0.1) is 4.92 Å². The molecule has 0 atom stereocenters. The first kappa shape index (κ1) is 13.4. The molecule has 1 rings (SSSR count). The largest absolute Gasteiger partial charge is 0.379 e. The quantitative estimate of drug-likeness (QED) is 0.449. The highest BCUT2D eigenvalue weighted by molar-refractivity contribution is 5.60. The molecule has 0 aromatic heterocycles. The monoisotopic (exact) mass is 237 g/mol. The van der Waals surface area contributed by atoms with Crippen molar-refractivity contribution in [1.82, 2.24) is 4.90 Å². The van der Waals surface area contributed by atoms with Gasteiger partial charge in [-0.2, -0.15) is 0 Å². The summed E-state index contributed by atoms with van der Waals surface area (Å²) in [4.78, 5) is 12.5. The van der Waals surface area contributed by atoms with E-state index in [1.165, 1.54) is 6.07 Å². The van der Waals surface area contributed by atoms with Crippen LogP contribution in [0.5, 0.6) is 0 Å². The maximum atomic E-state index is 10.8. The SMILES string of the molecule is CN(C)CCCCNc1ccccc1[N+](=O)[O-]. The van der Waals surface area contributed by atoms with Crippen molar-refractivity contribution in [3.8, 4) is 0 Å². The van der Waals surface area contributed by atoms with Crippen LogP contribution in [0.3, 0.4) is 0 Å². The van der Waals surface area contributed by atoms with E-state index in [-0.39, 0.29) is 10.6 Å². The lowest BCUT2D eigenvalue weighted by atomic mass is 10.2. The van der Waals surface area contributed by atoms with Crippen LogP contribution in [0, 0.1) is 10.1 Å². The van der Waals surface area contributed by atoms with Gasteiger partial charge in [0.2, 0.25) is 0 Å². The summed E-state index contributed by atoms with van der Waals surface area (Å²) >= 11 is 0. The lowest BCUT2D eigenvalue weighted by molar-refractivity contribution is -0.384. The average molecular weight is 237 g/mol. The van der Waals surface area contributed by atoms with Crippen LogP contribution in [0.4, 0.5) is 11.4 Å². The van der Waals surface area contributed by atoms with Gasteiger partial charge in [0.1, 0.15) is 5.69 Å². The van der Waals surface area contributed by atoms with Crippen molar-refractivity contribution in [2.75, 3.05) is 32.5 Å². The number of rotatable bonds is 7. The highest BCUT2D eigenvalue weighted by atomic mass is 16.6. The fourth-order valence-electron chi connectivity index (χ4n) is 1.56. The van der Waals surface area contributed by atoms with Crippen molar-refractivity contribution in [3.05, 3.63) is 34.4 Å². The molecular formula is C12H19N3O2. The third kappa shape index (κ3) is 4.82. The Labute approximate surface area is 102 Å². The molecular weight excluding hydrogens is 218 g/mol. The second-order valence-corrected chi connectivity index (χ2v) is 4.21.